The Bertz CT molecular complexity index is 901. The van der Waals surface area contributed by atoms with E-state index in [1.165, 1.54) is 11.1 Å². The number of fused-ring (bicyclic) bond motifs is 1. The summed E-state index contributed by atoms with van der Waals surface area (Å²) in [6.07, 6.45) is 4.62. The fraction of sp³-hybridized carbons (Fsp3) is 0.238. The van der Waals surface area contributed by atoms with Crippen LogP contribution in [-0.4, -0.2) is 16.6 Å². The second-order valence-electron chi connectivity index (χ2n) is 6.31. The van der Waals surface area contributed by atoms with Gasteiger partial charge in [0.2, 0.25) is 5.88 Å². The van der Waals surface area contributed by atoms with Crippen molar-refractivity contribution < 1.29 is 9.47 Å². The molecule has 3 aromatic rings. The molecule has 1 aliphatic rings. The molecule has 4 rings (SSSR count). The second kappa shape index (κ2) is 6.55. The van der Waals surface area contributed by atoms with Gasteiger partial charge in [-0.3, -0.25) is 4.98 Å². The fourth-order valence-corrected chi connectivity index (χ4v) is 3.22. The summed E-state index contributed by atoms with van der Waals surface area (Å²) in [6, 6.07) is 12.3. The lowest BCUT2D eigenvalue weighted by molar-refractivity contribution is 0.290. The van der Waals surface area contributed by atoms with Gasteiger partial charge in [0, 0.05) is 41.7 Å². The molecule has 0 bridgehead atoms. The summed E-state index contributed by atoms with van der Waals surface area (Å²) in [5, 5.41) is 0. The normalized spacial score (nSPS) is 12.6. The summed E-state index contributed by atoms with van der Waals surface area (Å²) in [4.78, 5) is 8.78. The van der Waals surface area contributed by atoms with E-state index in [9.17, 15) is 0 Å². The number of ether oxygens (including phenoxy) is 2. The van der Waals surface area contributed by atoms with Crippen LogP contribution >= 0.6 is 0 Å². The van der Waals surface area contributed by atoms with Gasteiger partial charge in [0.15, 0.2) is 0 Å². The van der Waals surface area contributed by atoms with Gasteiger partial charge >= 0.3 is 0 Å². The summed E-state index contributed by atoms with van der Waals surface area (Å²) in [7, 11) is 0. The van der Waals surface area contributed by atoms with Gasteiger partial charge in [-0.15, -0.1) is 0 Å². The fourth-order valence-electron chi connectivity index (χ4n) is 3.22. The lowest BCUT2D eigenvalue weighted by atomic mass is 9.98. The van der Waals surface area contributed by atoms with Crippen molar-refractivity contribution in [2.75, 3.05) is 6.61 Å². The molecular formula is C21H20N2O2. The minimum Gasteiger partial charge on any atom is -0.493 e. The number of aromatic nitrogens is 2. The first-order chi connectivity index (χ1) is 12.2. The van der Waals surface area contributed by atoms with Gasteiger partial charge in [-0.25, -0.2) is 4.98 Å². The quantitative estimate of drug-likeness (QED) is 0.715. The SMILES string of the molecule is Cc1ccnc(C)c1-c1cccc(COc2cc3c(cn2)CCO3)c1. The molecular weight excluding hydrogens is 312 g/mol. The zero-order chi connectivity index (χ0) is 17.2. The van der Waals surface area contributed by atoms with E-state index in [2.05, 4.69) is 41.2 Å². The number of hydrogen-bond donors (Lipinski definition) is 0. The highest BCUT2D eigenvalue weighted by molar-refractivity contribution is 5.69. The smallest absolute Gasteiger partial charge is 0.217 e. The molecule has 126 valence electrons. The van der Waals surface area contributed by atoms with Gasteiger partial charge in [-0.2, -0.15) is 0 Å². The van der Waals surface area contributed by atoms with Crippen LogP contribution in [0.15, 0.2) is 48.8 Å². The Morgan fingerprint density at radius 2 is 2.04 bits per heavy atom. The number of benzene rings is 1. The van der Waals surface area contributed by atoms with Crippen LogP contribution in [0.1, 0.15) is 22.4 Å². The molecule has 0 fully saturated rings. The predicted octanol–water partition coefficient (Wildman–Crippen LogP) is 4.27. The van der Waals surface area contributed by atoms with E-state index in [-0.39, 0.29) is 0 Å². The van der Waals surface area contributed by atoms with Crippen LogP contribution in [0.25, 0.3) is 11.1 Å². The van der Waals surface area contributed by atoms with Crippen molar-refractivity contribution >= 4 is 0 Å². The molecule has 0 amide bonds. The van der Waals surface area contributed by atoms with Crippen LogP contribution in [0, 0.1) is 13.8 Å². The molecule has 0 saturated heterocycles. The second-order valence-corrected chi connectivity index (χ2v) is 6.31. The molecule has 4 nitrogen and oxygen atoms in total. The van der Waals surface area contributed by atoms with Gasteiger partial charge in [0.05, 0.1) is 6.61 Å². The number of aryl methyl sites for hydroxylation is 2. The van der Waals surface area contributed by atoms with Crippen molar-refractivity contribution in [1.29, 1.82) is 0 Å². The standard InChI is InChI=1S/C21H20N2O2/c1-14-6-8-22-15(2)21(14)17-5-3-4-16(10-17)13-25-20-11-19-18(12-23-20)7-9-24-19/h3-6,8,10-12H,7,9,13H2,1-2H3. The molecule has 1 aromatic carbocycles. The summed E-state index contributed by atoms with van der Waals surface area (Å²) < 4.78 is 11.4. The minimum atomic E-state index is 0.470. The van der Waals surface area contributed by atoms with Crippen LogP contribution in [0.2, 0.25) is 0 Å². The molecule has 2 aromatic heterocycles. The first-order valence-electron chi connectivity index (χ1n) is 8.47. The minimum absolute atomic E-state index is 0.470. The van der Waals surface area contributed by atoms with E-state index in [4.69, 9.17) is 9.47 Å². The first kappa shape index (κ1) is 15.6. The third-order valence-electron chi connectivity index (χ3n) is 4.50. The Morgan fingerprint density at radius 3 is 2.92 bits per heavy atom. The molecule has 0 spiro atoms. The van der Waals surface area contributed by atoms with Crippen molar-refractivity contribution in [2.45, 2.75) is 26.9 Å². The number of rotatable bonds is 4. The molecule has 0 atom stereocenters. The molecule has 0 unspecified atom stereocenters. The summed E-state index contributed by atoms with van der Waals surface area (Å²) >= 11 is 0. The molecule has 0 radical (unpaired) electrons. The number of hydrogen-bond acceptors (Lipinski definition) is 4. The average molecular weight is 332 g/mol. The first-order valence-corrected chi connectivity index (χ1v) is 8.47. The van der Waals surface area contributed by atoms with E-state index >= 15 is 0 Å². The van der Waals surface area contributed by atoms with Crippen LogP contribution in [0.4, 0.5) is 0 Å². The maximum absolute atomic E-state index is 5.86. The predicted molar refractivity (Wildman–Crippen MR) is 96.9 cm³/mol. The van der Waals surface area contributed by atoms with Gasteiger partial charge in [-0.05, 0) is 42.7 Å². The highest BCUT2D eigenvalue weighted by Gasteiger charge is 2.14. The van der Waals surface area contributed by atoms with Gasteiger partial charge in [-0.1, -0.05) is 18.2 Å². The number of pyridine rings is 2. The van der Waals surface area contributed by atoms with Crippen molar-refractivity contribution in [1.82, 2.24) is 9.97 Å². The monoisotopic (exact) mass is 332 g/mol. The largest absolute Gasteiger partial charge is 0.493 e. The summed E-state index contributed by atoms with van der Waals surface area (Å²) in [5.74, 6) is 1.49. The average Bonchev–Trinajstić information content (AvgIpc) is 3.08. The van der Waals surface area contributed by atoms with Crippen molar-refractivity contribution in [3.63, 3.8) is 0 Å². The van der Waals surface area contributed by atoms with Crippen LogP contribution in [0.5, 0.6) is 11.6 Å². The molecule has 0 saturated carbocycles. The van der Waals surface area contributed by atoms with Gasteiger partial charge in [0.25, 0.3) is 0 Å². The van der Waals surface area contributed by atoms with E-state index < -0.39 is 0 Å². The lowest BCUT2D eigenvalue weighted by Crippen LogP contribution is -1.98. The van der Waals surface area contributed by atoms with Crippen molar-refractivity contribution in [3.05, 3.63) is 71.2 Å². The third kappa shape index (κ3) is 3.20. The summed E-state index contributed by atoms with van der Waals surface area (Å²) in [6.45, 7) is 5.35. The zero-order valence-corrected chi connectivity index (χ0v) is 14.5. The van der Waals surface area contributed by atoms with Crippen LogP contribution in [-0.2, 0) is 13.0 Å². The molecule has 3 heterocycles. The highest BCUT2D eigenvalue weighted by Crippen LogP contribution is 2.29. The maximum atomic E-state index is 5.86. The highest BCUT2D eigenvalue weighted by atomic mass is 16.5. The van der Waals surface area contributed by atoms with E-state index in [1.807, 2.05) is 31.5 Å². The Morgan fingerprint density at radius 1 is 1.12 bits per heavy atom. The zero-order valence-electron chi connectivity index (χ0n) is 14.5. The number of nitrogens with zero attached hydrogens (tertiary/aromatic N) is 2. The third-order valence-corrected chi connectivity index (χ3v) is 4.50. The molecule has 25 heavy (non-hydrogen) atoms. The summed E-state index contributed by atoms with van der Waals surface area (Å²) in [5.41, 5.74) is 6.86. The molecule has 0 aliphatic carbocycles. The maximum Gasteiger partial charge on any atom is 0.217 e. The Hall–Kier alpha value is -2.88. The van der Waals surface area contributed by atoms with E-state index in [1.54, 1.807) is 0 Å². The molecule has 0 N–H and O–H groups in total. The van der Waals surface area contributed by atoms with E-state index in [0.29, 0.717) is 12.5 Å². The Balaban J connectivity index is 1.54. The lowest BCUT2D eigenvalue weighted by Gasteiger charge is -2.11. The van der Waals surface area contributed by atoms with Gasteiger partial charge < -0.3 is 9.47 Å². The topological polar surface area (TPSA) is 44.2 Å². The van der Waals surface area contributed by atoms with Crippen LogP contribution in [0.3, 0.4) is 0 Å². The van der Waals surface area contributed by atoms with Crippen LogP contribution < -0.4 is 9.47 Å². The molecule has 1 aliphatic heterocycles. The Labute approximate surface area is 147 Å². The van der Waals surface area contributed by atoms with Crippen molar-refractivity contribution in [3.8, 4) is 22.8 Å². The van der Waals surface area contributed by atoms with E-state index in [0.717, 1.165) is 41.2 Å². The van der Waals surface area contributed by atoms with Gasteiger partial charge in [0.1, 0.15) is 12.4 Å². The Kier molecular flexibility index (Phi) is 4.10. The van der Waals surface area contributed by atoms with Crippen molar-refractivity contribution in [2.24, 2.45) is 0 Å². The molecule has 4 heteroatoms.